The lowest BCUT2D eigenvalue weighted by Crippen LogP contribution is -2.44. The minimum atomic E-state index is -5.06. The average molecular weight is 595 g/mol. The van der Waals surface area contributed by atoms with Crippen molar-refractivity contribution < 1.29 is 45.0 Å². The Hall–Kier alpha value is -2.77. The van der Waals surface area contributed by atoms with Gasteiger partial charge in [0, 0.05) is 37.2 Å². The Morgan fingerprint density at radius 2 is 1.73 bits per heavy atom. The van der Waals surface area contributed by atoms with Crippen LogP contribution in [0.1, 0.15) is 51.2 Å². The van der Waals surface area contributed by atoms with Crippen LogP contribution >= 0.6 is 0 Å². The van der Waals surface area contributed by atoms with E-state index in [-0.39, 0.29) is 36.4 Å². The van der Waals surface area contributed by atoms with Gasteiger partial charge in [0.15, 0.2) is 0 Å². The molecule has 2 N–H and O–H groups in total. The first-order valence-corrected chi connectivity index (χ1v) is 14.1. The fraction of sp³-hybridized carbons (Fsp3) is 0.519. The van der Waals surface area contributed by atoms with Crippen molar-refractivity contribution >= 4 is 16.0 Å². The molecule has 0 aliphatic carbocycles. The van der Waals surface area contributed by atoms with Crippen LogP contribution in [0, 0.1) is 17.6 Å². The maximum atomic E-state index is 13.9. The Labute approximate surface area is 231 Å². The largest absolute Gasteiger partial charge is 0.573 e. The molecule has 0 spiro atoms. The number of sulfonamides is 1. The van der Waals surface area contributed by atoms with Gasteiger partial charge in [-0.25, -0.2) is 21.5 Å². The van der Waals surface area contributed by atoms with Crippen LogP contribution in [0.25, 0.3) is 0 Å². The van der Waals surface area contributed by atoms with Gasteiger partial charge in [0.25, 0.3) is 0 Å². The number of rotatable bonds is 15. The summed E-state index contributed by atoms with van der Waals surface area (Å²) in [6.07, 6.45) is -4.32. The molecule has 0 unspecified atom stereocenters. The highest BCUT2D eigenvalue weighted by Crippen LogP contribution is 2.29. The third kappa shape index (κ3) is 10.7. The molecular formula is C27H35F5N2O5S. The van der Waals surface area contributed by atoms with Gasteiger partial charge < -0.3 is 15.2 Å². The number of aryl methyl sites for hydroxylation is 1. The van der Waals surface area contributed by atoms with E-state index in [9.17, 15) is 35.2 Å². The summed E-state index contributed by atoms with van der Waals surface area (Å²) >= 11 is 0. The minimum Gasteiger partial charge on any atom is -0.481 e. The number of nitrogens with one attached hydrogen (secondary N) is 1. The van der Waals surface area contributed by atoms with Gasteiger partial charge in [-0.1, -0.05) is 13.0 Å². The number of hydrogen-bond acceptors (Lipinski definition) is 5. The Morgan fingerprint density at radius 1 is 1.10 bits per heavy atom. The summed E-state index contributed by atoms with van der Waals surface area (Å²) in [5.41, 5.74) is -0.312. The average Bonchev–Trinajstić information content (AvgIpc) is 2.82. The first-order chi connectivity index (χ1) is 18.4. The molecule has 224 valence electrons. The summed E-state index contributed by atoms with van der Waals surface area (Å²) in [4.78, 5) is 10.5. The van der Waals surface area contributed by atoms with Gasteiger partial charge in [-0.3, -0.25) is 4.79 Å². The predicted molar refractivity (Wildman–Crippen MR) is 139 cm³/mol. The van der Waals surface area contributed by atoms with Crippen LogP contribution in [-0.2, 0) is 27.7 Å². The number of aliphatic carboxylic acids is 1. The topological polar surface area (TPSA) is 95.9 Å². The van der Waals surface area contributed by atoms with Crippen molar-refractivity contribution in [3.05, 3.63) is 59.2 Å². The summed E-state index contributed by atoms with van der Waals surface area (Å²) in [7, 11) is -2.94. The predicted octanol–water partition coefficient (Wildman–Crippen LogP) is 5.53. The van der Waals surface area contributed by atoms with Crippen molar-refractivity contribution in [2.24, 2.45) is 5.92 Å². The van der Waals surface area contributed by atoms with E-state index in [1.807, 2.05) is 13.8 Å². The van der Waals surface area contributed by atoms with Crippen LogP contribution in [-0.4, -0.2) is 55.8 Å². The van der Waals surface area contributed by atoms with Crippen LogP contribution in [0.4, 0.5) is 22.0 Å². The zero-order valence-electron chi connectivity index (χ0n) is 22.8. The van der Waals surface area contributed by atoms with Crippen LogP contribution in [0.5, 0.6) is 5.75 Å². The molecule has 0 heterocycles. The number of alkyl halides is 3. The fourth-order valence-electron chi connectivity index (χ4n) is 4.17. The number of ether oxygens (including phenoxy) is 1. The molecule has 13 heteroatoms. The molecule has 0 aromatic heterocycles. The second-order valence-corrected chi connectivity index (χ2v) is 12.5. The zero-order valence-corrected chi connectivity index (χ0v) is 23.6. The van der Waals surface area contributed by atoms with Crippen LogP contribution in [0.3, 0.4) is 0 Å². The number of carboxylic acid groups (broad SMARTS) is 1. The van der Waals surface area contributed by atoms with Crippen molar-refractivity contribution in [1.82, 2.24) is 9.62 Å². The summed E-state index contributed by atoms with van der Waals surface area (Å²) in [5.74, 6) is -3.34. The molecule has 0 saturated heterocycles. The quantitative estimate of drug-likeness (QED) is 0.264. The standard InChI is InChI=1S/C27H35F5N2O5S/c1-18(16-33-26(2,3)12-6-7-22-23(28)8-5-9-24(22)29)17-34(4)40(37,38)21-14-19(10-11-25(35)36)13-20(15-21)39-27(30,31)32/h5,8-9,13-15,18,33H,6-7,10-12,16-17H2,1-4H3,(H,35,36)/t18-/m0/s1. The minimum absolute atomic E-state index is 0.0284. The summed E-state index contributed by atoms with van der Waals surface area (Å²) in [6, 6.07) is 6.60. The van der Waals surface area contributed by atoms with Crippen molar-refractivity contribution in [3.63, 3.8) is 0 Å². The van der Waals surface area contributed by atoms with Gasteiger partial charge in [-0.05, 0) is 81.8 Å². The highest BCUT2D eigenvalue weighted by molar-refractivity contribution is 7.89. The van der Waals surface area contributed by atoms with Crippen molar-refractivity contribution in [1.29, 1.82) is 0 Å². The summed E-state index contributed by atoms with van der Waals surface area (Å²) in [5, 5.41) is 12.2. The van der Waals surface area contributed by atoms with E-state index < -0.39 is 56.6 Å². The van der Waals surface area contributed by atoms with Gasteiger partial charge in [0.05, 0.1) is 4.90 Å². The zero-order chi connectivity index (χ0) is 30.3. The number of halogens is 5. The van der Waals surface area contributed by atoms with E-state index >= 15 is 0 Å². The highest BCUT2D eigenvalue weighted by Gasteiger charge is 2.32. The van der Waals surface area contributed by atoms with Crippen molar-refractivity contribution in [2.75, 3.05) is 20.1 Å². The smallest absolute Gasteiger partial charge is 0.481 e. The molecule has 1 atom stereocenters. The van der Waals surface area contributed by atoms with Crippen LogP contribution < -0.4 is 10.1 Å². The second kappa shape index (κ2) is 13.7. The van der Waals surface area contributed by atoms with Crippen LogP contribution in [0.2, 0.25) is 0 Å². The van der Waals surface area contributed by atoms with E-state index in [0.717, 1.165) is 22.5 Å². The van der Waals surface area contributed by atoms with E-state index in [0.29, 0.717) is 19.4 Å². The summed E-state index contributed by atoms with van der Waals surface area (Å²) in [6.45, 7) is 6.05. The highest BCUT2D eigenvalue weighted by atomic mass is 32.2. The van der Waals surface area contributed by atoms with E-state index in [4.69, 9.17) is 5.11 Å². The molecule has 0 fully saturated rings. The maximum Gasteiger partial charge on any atom is 0.573 e. The van der Waals surface area contributed by atoms with Gasteiger partial charge in [0.1, 0.15) is 17.4 Å². The molecule has 2 aromatic rings. The van der Waals surface area contributed by atoms with Crippen molar-refractivity contribution in [2.45, 2.75) is 69.7 Å². The number of nitrogens with zero attached hydrogens (tertiary/aromatic N) is 1. The summed E-state index contributed by atoms with van der Waals surface area (Å²) < 4.78 is 97.5. The lowest BCUT2D eigenvalue weighted by Gasteiger charge is -2.29. The number of hydrogen-bond donors (Lipinski definition) is 2. The number of benzene rings is 2. The van der Waals surface area contributed by atoms with Gasteiger partial charge in [-0.15, -0.1) is 13.2 Å². The fourth-order valence-corrected chi connectivity index (χ4v) is 5.54. The molecular weight excluding hydrogens is 559 g/mol. The second-order valence-electron chi connectivity index (χ2n) is 10.5. The third-order valence-corrected chi connectivity index (χ3v) is 8.10. The maximum absolute atomic E-state index is 13.9. The SMILES string of the molecule is C[C@@H](CNC(C)(C)CCCc1c(F)cccc1F)CN(C)S(=O)(=O)c1cc(CCC(=O)O)cc(OC(F)(F)F)c1. The molecule has 2 rings (SSSR count). The Balaban J connectivity index is 2.03. The molecule has 0 aliphatic heterocycles. The van der Waals surface area contributed by atoms with Gasteiger partial charge in [-0.2, -0.15) is 0 Å². The van der Waals surface area contributed by atoms with Gasteiger partial charge >= 0.3 is 12.3 Å². The molecule has 2 aromatic carbocycles. The molecule has 40 heavy (non-hydrogen) atoms. The third-order valence-electron chi connectivity index (χ3n) is 6.30. The van der Waals surface area contributed by atoms with E-state index in [1.54, 1.807) is 6.92 Å². The lowest BCUT2D eigenvalue weighted by atomic mass is 9.94. The van der Waals surface area contributed by atoms with Gasteiger partial charge in [0.2, 0.25) is 10.0 Å². The monoisotopic (exact) mass is 594 g/mol. The van der Waals surface area contributed by atoms with Crippen molar-refractivity contribution in [3.8, 4) is 5.75 Å². The molecule has 0 amide bonds. The number of carbonyl (C=O) groups is 1. The van der Waals surface area contributed by atoms with E-state index in [1.165, 1.54) is 25.2 Å². The lowest BCUT2D eigenvalue weighted by molar-refractivity contribution is -0.274. The van der Waals surface area contributed by atoms with Crippen LogP contribution in [0.15, 0.2) is 41.3 Å². The molecule has 0 bridgehead atoms. The molecule has 0 saturated carbocycles. The normalized spacial score (nSPS) is 13.4. The Kier molecular flexibility index (Phi) is 11.5. The first kappa shape index (κ1) is 33.4. The Bertz CT molecular complexity index is 1250. The molecule has 0 aliphatic rings. The van der Waals surface area contributed by atoms with E-state index in [2.05, 4.69) is 10.1 Å². The Morgan fingerprint density at radius 3 is 2.30 bits per heavy atom. The molecule has 7 nitrogen and oxygen atoms in total. The molecule has 0 radical (unpaired) electrons. The first-order valence-electron chi connectivity index (χ1n) is 12.7. The number of carboxylic acids is 1.